The van der Waals surface area contributed by atoms with Crippen molar-refractivity contribution in [2.75, 3.05) is 61.8 Å². The number of nitrogens with zero attached hydrogens (tertiary/aromatic N) is 7. The SMILES string of the molecule is CN1CCN(C2CCN(c3ccc(Nc4nc(NC5CC(O)C5)c(-c5ccnc6nc[nH]c56)nc4C(N)=O)cc3)CC2)CC1. The molecule has 13 heteroatoms. The minimum atomic E-state index is -0.693. The molecule has 1 aromatic carbocycles. The first-order valence-corrected chi connectivity index (χ1v) is 15.4. The van der Waals surface area contributed by atoms with E-state index in [0.717, 1.165) is 45.0 Å². The number of hydrogen-bond acceptors (Lipinski definition) is 11. The first-order chi connectivity index (χ1) is 21.4. The predicted octanol–water partition coefficient (Wildman–Crippen LogP) is 2.41. The number of fused-ring (bicyclic) bond motifs is 1. The fourth-order valence-electron chi connectivity index (χ4n) is 6.50. The molecule has 3 fully saturated rings. The van der Waals surface area contributed by atoms with E-state index in [1.807, 2.05) is 12.1 Å². The molecule has 3 aliphatic rings. The maximum Gasteiger partial charge on any atom is 0.271 e. The van der Waals surface area contributed by atoms with Gasteiger partial charge in [-0.2, -0.15) is 0 Å². The van der Waals surface area contributed by atoms with E-state index in [1.165, 1.54) is 18.5 Å². The average Bonchev–Trinajstić information content (AvgIpc) is 3.51. The number of hydrogen-bond donors (Lipinski definition) is 5. The van der Waals surface area contributed by atoms with Crippen LogP contribution in [0.4, 0.5) is 23.0 Å². The summed E-state index contributed by atoms with van der Waals surface area (Å²) >= 11 is 0. The summed E-state index contributed by atoms with van der Waals surface area (Å²) in [6.07, 6.45) is 6.41. The highest BCUT2D eigenvalue weighted by Crippen LogP contribution is 2.35. The zero-order valence-corrected chi connectivity index (χ0v) is 24.9. The zero-order chi connectivity index (χ0) is 30.2. The number of carbonyl (C=O) groups excluding carboxylic acids is 1. The molecular weight excluding hydrogens is 558 g/mol. The molecule has 1 aliphatic carbocycles. The maximum atomic E-state index is 12.7. The lowest BCUT2D eigenvalue weighted by atomic mass is 9.89. The number of aromatic amines is 1. The van der Waals surface area contributed by atoms with Crippen LogP contribution < -0.4 is 21.3 Å². The normalized spacial score (nSPS) is 21.7. The number of primary amides is 1. The number of nitrogens with one attached hydrogen (secondary N) is 3. The summed E-state index contributed by atoms with van der Waals surface area (Å²) in [4.78, 5) is 41.4. The van der Waals surface area contributed by atoms with Crippen LogP contribution in [0.25, 0.3) is 22.4 Å². The van der Waals surface area contributed by atoms with E-state index in [2.05, 4.69) is 59.5 Å². The Labute approximate surface area is 255 Å². The number of aliphatic hydroxyl groups is 1. The Bertz CT molecular complexity index is 1620. The maximum absolute atomic E-state index is 12.7. The Hall–Kier alpha value is -4.33. The lowest BCUT2D eigenvalue weighted by Crippen LogP contribution is -2.52. The second-order valence-electron chi connectivity index (χ2n) is 12.1. The first-order valence-electron chi connectivity index (χ1n) is 15.4. The minimum Gasteiger partial charge on any atom is -0.393 e. The van der Waals surface area contributed by atoms with Crippen LogP contribution >= 0.6 is 0 Å². The quantitative estimate of drug-likeness (QED) is 0.203. The highest BCUT2D eigenvalue weighted by atomic mass is 16.3. The largest absolute Gasteiger partial charge is 0.393 e. The van der Waals surface area contributed by atoms with Crippen molar-refractivity contribution in [3.05, 3.63) is 48.5 Å². The molecule has 0 spiro atoms. The molecule has 0 bridgehead atoms. The van der Waals surface area contributed by atoms with Crippen molar-refractivity contribution in [2.24, 2.45) is 5.73 Å². The van der Waals surface area contributed by atoms with Gasteiger partial charge in [0.05, 0.1) is 17.9 Å². The second-order valence-corrected chi connectivity index (χ2v) is 12.1. The van der Waals surface area contributed by atoms with Crippen LogP contribution in [0.5, 0.6) is 0 Å². The van der Waals surface area contributed by atoms with Crippen molar-refractivity contribution >= 4 is 40.1 Å². The van der Waals surface area contributed by atoms with Gasteiger partial charge in [-0.3, -0.25) is 9.69 Å². The van der Waals surface area contributed by atoms with E-state index < -0.39 is 5.91 Å². The molecule has 0 radical (unpaired) electrons. The van der Waals surface area contributed by atoms with Gasteiger partial charge in [0, 0.05) is 74.5 Å². The second kappa shape index (κ2) is 12.0. The van der Waals surface area contributed by atoms with Gasteiger partial charge in [0.15, 0.2) is 23.0 Å². The number of anilines is 4. The van der Waals surface area contributed by atoms with Crippen LogP contribution in [0, 0.1) is 0 Å². The van der Waals surface area contributed by atoms with E-state index in [9.17, 15) is 9.90 Å². The highest BCUT2D eigenvalue weighted by molar-refractivity contribution is 5.99. The van der Waals surface area contributed by atoms with Crippen LogP contribution in [-0.4, -0.2) is 110 Å². The van der Waals surface area contributed by atoms with Gasteiger partial charge in [0.25, 0.3) is 5.91 Å². The van der Waals surface area contributed by atoms with Crippen molar-refractivity contribution in [3.63, 3.8) is 0 Å². The molecule has 44 heavy (non-hydrogen) atoms. The number of rotatable bonds is 8. The molecule has 1 amide bonds. The van der Waals surface area contributed by atoms with Crippen LogP contribution in [0.3, 0.4) is 0 Å². The minimum absolute atomic E-state index is 0.0266. The van der Waals surface area contributed by atoms with Gasteiger partial charge < -0.3 is 36.3 Å². The van der Waals surface area contributed by atoms with Gasteiger partial charge in [-0.1, -0.05) is 0 Å². The summed E-state index contributed by atoms with van der Waals surface area (Å²) in [6.45, 7) is 6.69. The van der Waals surface area contributed by atoms with E-state index >= 15 is 0 Å². The van der Waals surface area contributed by atoms with Crippen molar-refractivity contribution in [2.45, 2.75) is 43.9 Å². The lowest BCUT2D eigenvalue weighted by Gasteiger charge is -2.42. The van der Waals surface area contributed by atoms with Crippen LogP contribution in [0.2, 0.25) is 0 Å². The summed E-state index contributed by atoms with van der Waals surface area (Å²) in [6, 6.07) is 10.7. The van der Waals surface area contributed by atoms with Gasteiger partial charge in [0.1, 0.15) is 5.69 Å². The molecule has 2 saturated heterocycles. The molecule has 1 saturated carbocycles. The van der Waals surface area contributed by atoms with Gasteiger partial charge in [-0.05, 0) is 63.1 Å². The number of H-pyrrole nitrogens is 1. The van der Waals surface area contributed by atoms with E-state index in [4.69, 9.17) is 15.7 Å². The molecule has 0 unspecified atom stereocenters. The van der Waals surface area contributed by atoms with Crippen LogP contribution in [-0.2, 0) is 0 Å². The molecule has 3 aromatic heterocycles. The molecule has 4 aromatic rings. The van der Waals surface area contributed by atoms with E-state index in [-0.39, 0.29) is 23.7 Å². The van der Waals surface area contributed by atoms with Gasteiger partial charge in [0.2, 0.25) is 0 Å². The topological polar surface area (TPSA) is 164 Å². The van der Waals surface area contributed by atoms with Gasteiger partial charge in [-0.25, -0.2) is 19.9 Å². The summed E-state index contributed by atoms with van der Waals surface area (Å²) < 4.78 is 0. The summed E-state index contributed by atoms with van der Waals surface area (Å²) in [5, 5.41) is 16.6. The van der Waals surface area contributed by atoms with Crippen LogP contribution in [0.15, 0.2) is 42.9 Å². The summed E-state index contributed by atoms with van der Waals surface area (Å²) in [5.41, 5.74) is 10.2. The number of likely N-dealkylation sites (N-methyl/N-ethyl adjacent to an activating group) is 1. The van der Waals surface area contributed by atoms with Crippen molar-refractivity contribution < 1.29 is 9.90 Å². The lowest BCUT2D eigenvalue weighted by molar-refractivity contribution is 0.0835. The van der Waals surface area contributed by atoms with Gasteiger partial charge >= 0.3 is 0 Å². The fraction of sp³-hybridized carbons (Fsp3) is 0.452. The molecule has 230 valence electrons. The Morgan fingerprint density at radius 2 is 1.73 bits per heavy atom. The third-order valence-corrected chi connectivity index (χ3v) is 9.18. The van der Waals surface area contributed by atoms with Crippen molar-refractivity contribution in [1.82, 2.24) is 34.7 Å². The third-order valence-electron chi connectivity index (χ3n) is 9.18. The molecule has 5 heterocycles. The number of imidazole rings is 1. The summed E-state index contributed by atoms with van der Waals surface area (Å²) in [5.74, 6) is 0.0530. The fourth-order valence-corrected chi connectivity index (χ4v) is 6.50. The third kappa shape index (κ3) is 5.77. The smallest absolute Gasteiger partial charge is 0.271 e. The number of pyridine rings is 1. The number of amides is 1. The van der Waals surface area contributed by atoms with E-state index in [0.29, 0.717) is 47.1 Å². The number of aromatic nitrogens is 5. The Morgan fingerprint density at radius 3 is 2.43 bits per heavy atom. The van der Waals surface area contributed by atoms with E-state index in [1.54, 1.807) is 18.6 Å². The Balaban J connectivity index is 1.11. The molecule has 6 N–H and O–H groups in total. The highest BCUT2D eigenvalue weighted by Gasteiger charge is 2.30. The standard InChI is InChI=1S/C31H39N11O2/c1-40-12-14-42(15-13-40)22-7-10-41(11-8-22)21-4-2-19(3-5-21)36-31-27(28(32)44)38-26(30(39-31)37-20-16-23(43)17-20)24-6-9-33-29-25(24)34-18-35-29/h2-6,9,18,20,22-23,43H,7-8,10-17H2,1H3,(H2,32,44)(H,33,34,35)(H2,36,37,39). The average molecular weight is 598 g/mol. The molecular formula is C31H39N11O2. The molecule has 13 nitrogen and oxygen atoms in total. The predicted molar refractivity (Wildman–Crippen MR) is 170 cm³/mol. The monoisotopic (exact) mass is 597 g/mol. The zero-order valence-electron chi connectivity index (χ0n) is 24.9. The van der Waals surface area contributed by atoms with Gasteiger partial charge in [-0.15, -0.1) is 0 Å². The Kier molecular flexibility index (Phi) is 7.75. The number of benzene rings is 1. The number of carbonyl (C=O) groups is 1. The number of piperazine rings is 1. The number of aliphatic hydroxyl groups excluding tert-OH is 1. The van der Waals surface area contributed by atoms with Crippen molar-refractivity contribution in [3.8, 4) is 11.3 Å². The molecule has 2 aliphatic heterocycles. The number of piperidine rings is 1. The number of nitrogens with two attached hydrogens (primary N) is 1. The van der Waals surface area contributed by atoms with Crippen molar-refractivity contribution in [1.29, 1.82) is 0 Å². The summed E-state index contributed by atoms with van der Waals surface area (Å²) in [7, 11) is 2.20. The molecule has 0 atom stereocenters. The Morgan fingerprint density at radius 1 is 0.977 bits per heavy atom. The first kappa shape index (κ1) is 28.4. The van der Waals surface area contributed by atoms with Crippen LogP contribution in [0.1, 0.15) is 36.2 Å². The molecule has 7 rings (SSSR count).